The van der Waals surface area contributed by atoms with E-state index in [9.17, 15) is 4.79 Å². The molecule has 0 N–H and O–H groups in total. The average Bonchev–Trinajstić information content (AvgIpc) is 3.06. The summed E-state index contributed by atoms with van der Waals surface area (Å²) >= 11 is 1.62. The minimum absolute atomic E-state index is 0.0913. The van der Waals surface area contributed by atoms with Crippen molar-refractivity contribution in [3.8, 4) is 0 Å². The van der Waals surface area contributed by atoms with Crippen molar-refractivity contribution in [2.45, 2.75) is 25.7 Å². The highest BCUT2D eigenvalue weighted by Gasteiger charge is 2.34. The second-order valence-electron chi connectivity index (χ2n) is 5.13. The van der Waals surface area contributed by atoms with E-state index in [1.165, 1.54) is 0 Å². The topological polar surface area (TPSA) is 51.7 Å². The highest BCUT2D eigenvalue weighted by Crippen LogP contribution is 2.21. The zero-order valence-electron chi connectivity index (χ0n) is 12.3. The summed E-state index contributed by atoms with van der Waals surface area (Å²) < 4.78 is 11.2. The minimum Gasteiger partial charge on any atom is -0.373 e. The van der Waals surface area contributed by atoms with Crippen LogP contribution >= 0.6 is 11.3 Å². The Morgan fingerprint density at radius 2 is 2.27 bits per heavy atom. The number of anilines is 1. The molecule has 0 unspecified atom stereocenters. The second kappa shape index (κ2) is 7.00. The van der Waals surface area contributed by atoms with Crippen LogP contribution in [0.25, 0.3) is 0 Å². The van der Waals surface area contributed by atoms with Crippen molar-refractivity contribution in [1.82, 2.24) is 4.98 Å². The molecule has 2 aromatic rings. The maximum absolute atomic E-state index is 12.9. The lowest BCUT2D eigenvalue weighted by atomic mass is 10.1. The number of carbonyl (C=O) groups is 1. The van der Waals surface area contributed by atoms with Crippen LogP contribution in [0.2, 0.25) is 0 Å². The molecule has 22 heavy (non-hydrogen) atoms. The molecule has 1 aliphatic heterocycles. The summed E-state index contributed by atoms with van der Waals surface area (Å²) in [5, 5.41) is 4.04. The number of ether oxygens (including phenoxy) is 2. The molecular formula is C16H18N2O3S. The van der Waals surface area contributed by atoms with Crippen LogP contribution < -0.4 is 4.90 Å². The van der Waals surface area contributed by atoms with Crippen LogP contribution in [0.4, 0.5) is 5.69 Å². The quantitative estimate of drug-likeness (QED) is 0.869. The van der Waals surface area contributed by atoms with Gasteiger partial charge in [-0.15, -0.1) is 0 Å². The summed E-state index contributed by atoms with van der Waals surface area (Å²) in [5.41, 5.74) is 1.85. The van der Waals surface area contributed by atoms with Gasteiger partial charge in [-0.1, -0.05) is 0 Å². The third-order valence-corrected chi connectivity index (χ3v) is 4.31. The van der Waals surface area contributed by atoms with E-state index in [2.05, 4.69) is 4.98 Å². The van der Waals surface area contributed by atoms with Gasteiger partial charge in [-0.2, -0.15) is 11.3 Å². The Morgan fingerprint density at radius 3 is 2.95 bits per heavy atom. The van der Waals surface area contributed by atoms with E-state index >= 15 is 0 Å². The number of pyridine rings is 1. The zero-order chi connectivity index (χ0) is 15.4. The van der Waals surface area contributed by atoms with Crippen LogP contribution in [0.3, 0.4) is 0 Å². The molecule has 1 fully saturated rings. The predicted octanol–water partition coefficient (Wildman–Crippen LogP) is 2.48. The van der Waals surface area contributed by atoms with Gasteiger partial charge in [0, 0.05) is 6.20 Å². The number of aromatic nitrogens is 1. The fourth-order valence-corrected chi connectivity index (χ4v) is 3.09. The Balaban J connectivity index is 1.85. The fraction of sp³-hybridized carbons (Fsp3) is 0.375. The van der Waals surface area contributed by atoms with Crippen molar-refractivity contribution in [2.24, 2.45) is 0 Å². The monoisotopic (exact) mass is 318 g/mol. The zero-order valence-corrected chi connectivity index (χ0v) is 13.2. The molecule has 6 heteroatoms. The summed E-state index contributed by atoms with van der Waals surface area (Å²) in [7, 11) is 0. The van der Waals surface area contributed by atoms with Crippen molar-refractivity contribution in [2.75, 3.05) is 18.1 Å². The molecule has 5 nitrogen and oxygen atoms in total. The third-order valence-electron chi connectivity index (χ3n) is 3.58. The number of thiophene rings is 1. The standard InChI is InChI=1S/C16H18N2O3S/c1-12-15(21-7-6-20-12)16(19)18(10-13-4-8-22-11-13)14-3-2-5-17-9-14/h2-5,8-9,11-12,15H,6-7,10H2,1H3/t12-,15-/m0/s1. The number of amides is 1. The first-order valence-corrected chi connectivity index (χ1v) is 8.15. The van der Waals surface area contributed by atoms with Gasteiger partial charge in [-0.25, -0.2) is 0 Å². The fourth-order valence-electron chi connectivity index (χ4n) is 2.43. The van der Waals surface area contributed by atoms with Crippen LogP contribution in [0.15, 0.2) is 41.4 Å². The number of carbonyl (C=O) groups excluding carboxylic acids is 1. The Hall–Kier alpha value is -1.76. The highest BCUT2D eigenvalue weighted by molar-refractivity contribution is 7.07. The Morgan fingerprint density at radius 1 is 1.41 bits per heavy atom. The van der Waals surface area contributed by atoms with Crippen LogP contribution in [0.5, 0.6) is 0 Å². The first-order valence-electron chi connectivity index (χ1n) is 7.21. The van der Waals surface area contributed by atoms with Crippen LogP contribution in [-0.2, 0) is 20.8 Å². The van der Waals surface area contributed by atoms with E-state index in [0.29, 0.717) is 19.8 Å². The molecule has 0 saturated carbocycles. The van der Waals surface area contributed by atoms with E-state index in [4.69, 9.17) is 9.47 Å². The Bertz CT molecular complexity index is 603. The molecule has 0 bridgehead atoms. The van der Waals surface area contributed by atoms with Crippen molar-refractivity contribution in [1.29, 1.82) is 0 Å². The van der Waals surface area contributed by atoms with Gasteiger partial charge in [-0.05, 0) is 41.4 Å². The predicted molar refractivity (Wildman–Crippen MR) is 84.9 cm³/mol. The summed E-state index contributed by atoms with van der Waals surface area (Å²) in [6.07, 6.45) is 2.56. The molecule has 2 atom stereocenters. The summed E-state index contributed by atoms with van der Waals surface area (Å²) in [6.45, 7) is 3.34. The molecule has 0 aliphatic carbocycles. The minimum atomic E-state index is -0.576. The molecule has 116 valence electrons. The van der Waals surface area contributed by atoms with Crippen molar-refractivity contribution >= 4 is 22.9 Å². The molecule has 3 heterocycles. The molecule has 1 saturated heterocycles. The van der Waals surface area contributed by atoms with E-state index in [1.807, 2.05) is 35.9 Å². The molecule has 1 aliphatic rings. The van der Waals surface area contributed by atoms with Gasteiger partial charge >= 0.3 is 0 Å². The van der Waals surface area contributed by atoms with Crippen LogP contribution in [0, 0.1) is 0 Å². The Labute approximate surface area is 133 Å². The van der Waals surface area contributed by atoms with E-state index < -0.39 is 6.10 Å². The van der Waals surface area contributed by atoms with Gasteiger partial charge in [-0.3, -0.25) is 9.78 Å². The van der Waals surface area contributed by atoms with Crippen molar-refractivity contribution in [3.63, 3.8) is 0 Å². The van der Waals surface area contributed by atoms with Gasteiger partial charge < -0.3 is 14.4 Å². The number of hydrogen-bond acceptors (Lipinski definition) is 5. The third kappa shape index (κ3) is 3.35. The van der Waals surface area contributed by atoms with Gasteiger partial charge in [0.15, 0.2) is 6.10 Å². The molecule has 0 aromatic carbocycles. The van der Waals surface area contributed by atoms with E-state index in [-0.39, 0.29) is 12.0 Å². The largest absolute Gasteiger partial charge is 0.373 e. The van der Waals surface area contributed by atoms with Gasteiger partial charge in [0.25, 0.3) is 5.91 Å². The molecule has 3 rings (SSSR count). The SMILES string of the molecule is C[C@@H]1OCCO[C@@H]1C(=O)N(Cc1ccsc1)c1cccnc1. The van der Waals surface area contributed by atoms with Crippen LogP contribution in [0.1, 0.15) is 12.5 Å². The summed E-state index contributed by atoms with van der Waals surface area (Å²) in [5.74, 6) is -0.0913. The normalized spacial score (nSPS) is 21.5. The molecule has 0 spiro atoms. The molecular weight excluding hydrogens is 300 g/mol. The first kappa shape index (κ1) is 15.1. The molecule has 1 amide bonds. The number of nitrogens with zero attached hydrogens (tertiary/aromatic N) is 2. The number of rotatable bonds is 4. The number of hydrogen-bond donors (Lipinski definition) is 0. The smallest absolute Gasteiger partial charge is 0.259 e. The van der Waals surface area contributed by atoms with Gasteiger partial charge in [0.1, 0.15) is 0 Å². The highest BCUT2D eigenvalue weighted by atomic mass is 32.1. The lowest BCUT2D eigenvalue weighted by molar-refractivity contribution is -0.159. The summed E-state index contributed by atoms with van der Waals surface area (Å²) in [4.78, 5) is 18.8. The maximum Gasteiger partial charge on any atom is 0.259 e. The average molecular weight is 318 g/mol. The lowest BCUT2D eigenvalue weighted by Crippen LogP contribution is -2.49. The molecule has 2 aromatic heterocycles. The van der Waals surface area contributed by atoms with Crippen molar-refractivity contribution < 1.29 is 14.3 Å². The van der Waals surface area contributed by atoms with E-state index in [0.717, 1.165) is 11.3 Å². The van der Waals surface area contributed by atoms with Gasteiger partial charge in [0.05, 0.1) is 37.7 Å². The van der Waals surface area contributed by atoms with Crippen LogP contribution in [-0.4, -0.2) is 36.3 Å². The van der Waals surface area contributed by atoms with E-state index in [1.54, 1.807) is 28.6 Å². The lowest BCUT2D eigenvalue weighted by Gasteiger charge is -2.33. The second-order valence-corrected chi connectivity index (χ2v) is 5.91. The van der Waals surface area contributed by atoms with Crippen molar-refractivity contribution in [3.05, 3.63) is 46.9 Å². The van der Waals surface area contributed by atoms with Gasteiger partial charge in [0.2, 0.25) is 0 Å². The summed E-state index contributed by atoms with van der Waals surface area (Å²) in [6, 6.07) is 5.72. The maximum atomic E-state index is 12.9. The first-order chi connectivity index (χ1) is 10.8. The Kier molecular flexibility index (Phi) is 4.82. The molecule has 0 radical (unpaired) electrons.